The number of anilines is 4. The first kappa shape index (κ1) is 36.9. The van der Waals surface area contributed by atoms with Crippen molar-refractivity contribution in [2.75, 3.05) is 48.3 Å². The Morgan fingerprint density at radius 3 is 1.75 bits per heavy atom. The summed E-state index contributed by atoms with van der Waals surface area (Å²) in [6.45, 7) is 4.03. The second-order valence-corrected chi connectivity index (χ2v) is 12.9. The highest BCUT2D eigenvalue weighted by molar-refractivity contribution is 6.30. The molecule has 53 heavy (non-hydrogen) atoms. The molecule has 4 aromatic carbocycles. The van der Waals surface area contributed by atoms with Crippen molar-refractivity contribution in [3.8, 4) is 23.0 Å². The average molecular weight is 761 g/mol. The van der Waals surface area contributed by atoms with Crippen LogP contribution in [0.4, 0.5) is 22.7 Å². The molecule has 3 heterocycles. The number of nitrogens with two attached hydrogens (primary N) is 1. The number of nitrogen functional groups attached to an aromatic ring is 1. The lowest BCUT2D eigenvalue weighted by Gasteiger charge is -2.30. The summed E-state index contributed by atoms with van der Waals surface area (Å²) >= 11 is 11.8. The molecule has 0 spiro atoms. The van der Waals surface area contributed by atoms with E-state index in [9.17, 15) is 14.4 Å². The molecule has 15 heteroatoms. The van der Waals surface area contributed by atoms with Gasteiger partial charge < -0.3 is 44.3 Å². The summed E-state index contributed by atoms with van der Waals surface area (Å²) in [5.74, 6) is 1.68. The zero-order chi connectivity index (χ0) is 37.8. The zero-order valence-corrected chi connectivity index (χ0v) is 30.7. The molecule has 0 saturated carbocycles. The molecule has 0 saturated heterocycles. The minimum atomic E-state index is -0.376. The summed E-state index contributed by atoms with van der Waals surface area (Å²) in [6, 6.07) is 21.4. The lowest BCUT2D eigenvalue weighted by molar-refractivity contribution is -0.122. The standard InChI is InChI=1S/C22H20ClN3O5.C16H15ClN2O3/c1-12-21(13(2)31-25-12)22(28)24-16-8-19-17(9-18(16)29-3)26(20(27)11-30-19)10-14-4-6-15(23)7-5-14;1-21-14-7-13-15(6-12(14)18)22-9-16(20)19(13)8-10-2-4-11(17)5-3-10/h4-9H,10-11H2,1-3H3,(H,24,28);2-7H,8-9,18H2,1H3. The van der Waals surface area contributed by atoms with Crippen LogP contribution in [-0.4, -0.2) is 50.3 Å². The van der Waals surface area contributed by atoms with Gasteiger partial charge in [-0.3, -0.25) is 14.4 Å². The second kappa shape index (κ2) is 15.8. The SMILES string of the molecule is COc1cc2c(cc1N)OCC(=O)N2Cc1ccc(Cl)cc1.COc1cc2c(cc1NC(=O)c1c(C)noc1C)OCC(=O)N2Cc1ccc(Cl)cc1. The van der Waals surface area contributed by atoms with Crippen LogP contribution in [-0.2, 0) is 22.7 Å². The molecule has 0 aliphatic carbocycles. The molecule has 0 unspecified atom stereocenters. The number of methoxy groups -OCH3 is 2. The Morgan fingerprint density at radius 1 is 0.792 bits per heavy atom. The fourth-order valence-corrected chi connectivity index (χ4v) is 6.05. The Bertz CT molecular complexity index is 2150. The Labute approximate surface area is 315 Å². The first-order chi connectivity index (χ1) is 25.4. The molecule has 274 valence electrons. The maximum atomic E-state index is 12.8. The van der Waals surface area contributed by atoms with Crippen LogP contribution in [0.3, 0.4) is 0 Å². The summed E-state index contributed by atoms with van der Waals surface area (Å²) in [4.78, 5) is 40.8. The molecule has 3 amide bonds. The predicted octanol–water partition coefficient (Wildman–Crippen LogP) is 6.99. The molecule has 3 N–H and O–H groups in total. The van der Waals surface area contributed by atoms with Crippen LogP contribution < -0.4 is 39.8 Å². The van der Waals surface area contributed by atoms with Gasteiger partial charge in [0.05, 0.1) is 55.8 Å². The van der Waals surface area contributed by atoms with Crippen LogP contribution >= 0.6 is 23.2 Å². The number of amides is 3. The van der Waals surface area contributed by atoms with Crippen molar-refractivity contribution in [1.82, 2.24) is 5.16 Å². The molecular weight excluding hydrogens is 725 g/mol. The van der Waals surface area contributed by atoms with Gasteiger partial charge in [-0.15, -0.1) is 0 Å². The van der Waals surface area contributed by atoms with E-state index < -0.39 is 0 Å². The van der Waals surface area contributed by atoms with E-state index in [-0.39, 0.29) is 30.9 Å². The molecule has 2 aliphatic heterocycles. The van der Waals surface area contributed by atoms with Gasteiger partial charge >= 0.3 is 0 Å². The number of fused-ring (bicyclic) bond motifs is 2. The van der Waals surface area contributed by atoms with E-state index in [1.54, 1.807) is 72.2 Å². The van der Waals surface area contributed by atoms with Crippen LogP contribution in [0.15, 0.2) is 77.3 Å². The van der Waals surface area contributed by atoms with Gasteiger partial charge in [0.1, 0.15) is 34.3 Å². The van der Waals surface area contributed by atoms with E-state index in [1.165, 1.54) is 14.2 Å². The molecule has 0 atom stereocenters. The van der Waals surface area contributed by atoms with E-state index >= 15 is 0 Å². The van der Waals surface area contributed by atoms with Gasteiger partial charge in [0.25, 0.3) is 17.7 Å². The molecule has 2 aliphatic rings. The average Bonchev–Trinajstić information content (AvgIpc) is 3.49. The third-order valence-electron chi connectivity index (χ3n) is 8.49. The summed E-state index contributed by atoms with van der Waals surface area (Å²) in [5, 5.41) is 7.91. The number of carbonyl (C=O) groups is 3. The van der Waals surface area contributed by atoms with Crippen molar-refractivity contribution in [3.63, 3.8) is 0 Å². The summed E-state index contributed by atoms with van der Waals surface area (Å²) < 4.78 is 26.9. The maximum Gasteiger partial charge on any atom is 0.265 e. The van der Waals surface area contributed by atoms with E-state index in [2.05, 4.69) is 10.5 Å². The molecule has 5 aromatic rings. The largest absolute Gasteiger partial charge is 0.495 e. The molecule has 7 rings (SSSR count). The number of nitrogens with one attached hydrogen (secondary N) is 1. The van der Waals surface area contributed by atoms with Crippen LogP contribution in [0.25, 0.3) is 0 Å². The van der Waals surface area contributed by atoms with Crippen LogP contribution in [0.1, 0.15) is 32.9 Å². The van der Waals surface area contributed by atoms with Gasteiger partial charge in [-0.25, -0.2) is 0 Å². The number of rotatable bonds is 8. The van der Waals surface area contributed by atoms with Crippen molar-refractivity contribution in [2.24, 2.45) is 0 Å². The van der Waals surface area contributed by atoms with Gasteiger partial charge in [-0.05, 0) is 49.2 Å². The highest BCUT2D eigenvalue weighted by Gasteiger charge is 2.29. The van der Waals surface area contributed by atoms with Gasteiger partial charge in [0.2, 0.25) is 0 Å². The fraction of sp³-hybridized carbons (Fsp3) is 0.211. The number of ether oxygens (including phenoxy) is 4. The van der Waals surface area contributed by atoms with E-state index in [0.29, 0.717) is 85.9 Å². The number of hydrogen-bond acceptors (Lipinski definition) is 10. The fourth-order valence-electron chi connectivity index (χ4n) is 5.80. The van der Waals surface area contributed by atoms with Gasteiger partial charge in [0, 0.05) is 34.3 Å². The number of carbonyl (C=O) groups excluding carboxylic acids is 3. The quantitative estimate of drug-likeness (QED) is 0.158. The summed E-state index contributed by atoms with van der Waals surface area (Å²) in [6.07, 6.45) is 0. The molecule has 0 bridgehead atoms. The minimum absolute atomic E-state index is 0.00758. The van der Waals surface area contributed by atoms with Crippen molar-refractivity contribution >= 4 is 63.7 Å². The number of benzene rings is 4. The first-order valence-corrected chi connectivity index (χ1v) is 17.0. The van der Waals surface area contributed by atoms with Crippen molar-refractivity contribution in [2.45, 2.75) is 26.9 Å². The lowest BCUT2D eigenvalue weighted by atomic mass is 10.1. The smallest absolute Gasteiger partial charge is 0.265 e. The second-order valence-electron chi connectivity index (χ2n) is 12.0. The highest BCUT2D eigenvalue weighted by Crippen LogP contribution is 2.42. The van der Waals surface area contributed by atoms with Crippen molar-refractivity contribution in [1.29, 1.82) is 0 Å². The number of nitrogens with zero attached hydrogens (tertiary/aromatic N) is 3. The highest BCUT2D eigenvalue weighted by atomic mass is 35.5. The van der Waals surface area contributed by atoms with Gasteiger partial charge in [-0.1, -0.05) is 52.6 Å². The zero-order valence-electron chi connectivity index (χ0n) is 29.2. The molecule has 13 nitrogen and oxygen atoms in total. The molecule has 1 aromatic heterocycles. The van der Waals surface area contributed by atoms with Crippen molar-refractivity contribution < 1.29 is 37.9 Å². The third kappa shape index (κ3) is 8.11. The summed E-state index contributed by atoms with van der Waals surface area (Å²) in [7, 11) is 3.02. The topological polar surface area (TPSA) is 159 Å². The Hall–Kier alpha value is -5.92. The Morgan fingerprint density at radius 2 is 1.28 bits per heavy atom. The minimum Gasteiger partial charge on any atom is -0.495 e. The molecular formula is C38H35Cl2N5O8. The first-order valence-electron chi connectivity index (χ1n) is 16.2. The number of hydrogen-bond donors (Lipinski definition) is 2. The van der Waals surface area contributed by atoms with Gasteiger partial charge in [-0.2, -0.15) is 0 Å². The third-order valence-corrected chi connectivity index (χ3v) is 9.00. The Kier molecular flexibility index (Phi) is 11.0. The normalized spacial score (nSPS) is 13.2. The number of halogens is 2. The van der Waals surface area contributed by atoms with Gasteiger partial charge in [0.15, 0.2) is 13.2 Å². The Balaban J connectivity index is 0.000000192. The van der Waals surface area contributed by atoms with Crippen LogP contribution in [0, 0.1) is 13.8 Å². The van der Waals surface area contributed by atoms with Crippen LogP contribution in [0.5, 0.6) is 23.0 Å². The van der Waals surface area contributed by atoms with E-state index in [0.717, 1.165) is 11.1 Å². The van der Waals surface area contributed by atoms with Crippen molar-refractivity contribution in [3.05, 3.63) is 111 Å². The monoisotopic (exact) mass is 759 g/mol. The number of aryl methyl sites for hydroxylation is 2. The lowest BCUT2D eigenvalue weighted by Crippen LogP contribution is -2.38. The molecule has 0 radical (unpaired) electrons. The van der Waals surface area contributed by atoms with Crippen LogP contribution in [0.2, 0.25) is 10.0 Å². The number of aromatic nitrogens is 1. The van der Waals surface area contributed by atoms with E-state index in [1.807, 2.05) is 24.3 Å². The van der Waals surface area contributed by atoms with E-state index in [4.69, 9.17) is 52.4 Å². The maximum absolute atomic E-state index is 12.8. The molecule has 0 fully saturated rings. The summed E-state index contributed by atoms with van der Waals surface area (Å²) in [5.41, 5.74) is 10.7. The predicted molar refractivity (Wildman–Crippen MR) is 201 cm³/mol.